The topological polar surface area (TPSA) is 172 Å². The number of aliphatic hydroxyl groups is 2. The van der Waals surface area contributed by atoms with E-state index in [0.717, 1.165) is 78.9 Å². The van der Waals surface area contributed by atoms with Crippen LogP contribution in [-0.4, -0.2) is 141 Å². The van der Waals surface area contributed by atoms with Crippen molar-refractivity contribution in [3.8, 4) is 34.0 Å². The van der Waals surface area contributed by atoms with Crippen molar-refractivity contribution in [2.75, 3.05) is 96.0 Å². The normalized spacial score (nSPS) is 18.3. The molecule has 2 aromatic heterocycles. The van der Waals surface area contributed by atoms with E-state index in [2.05, 4.69) is 39.7 Å². The van der Waals surface area contributed by atoms with Gasteiger partial charge >= 0.3 is 0 Å². The number of benzene rings is 2. The number of aryl methyl sites for hydroxylation is 1. The Morgan fingerprint density at radius 2 is 1.43 bits per heavy atom. The summed E-state index contributed by atoms with van der Waals surface area (Å²) in [5, 5.41) is 29.9. The molecule has 6 rings (SSSR count). The molecule has 15 nitrogen and oxygen atoms in total. The van der Waals surface area contributed by atoms with Crippen LogP contribution >= 0.6 is 0 Å². The predicted molar refractivity (Wildman–Crippen MR) is 227 cm³/mol. The zero-order valence-electron chi connectivity index (χ0n) is 34.6. The Bertz CT molecular complexity index is 1880. The van der Waals surface area contributed by atoms with Gasteiger partial charge in [0.05, 0.1) is 17.5 Å². The standard InChI is InChI=1S/C43H61N9O6/c1-6-40-47-39(30-10-8-12-36(20-30)58-28-34(54)25-45-3)23-42(49-40)52(5)32-15-18-56-37(21-32)26-51(4)43-48-38(22-41(50-43)46-31-13-16-55-17-14-31)29-9-7-11-35(19-29)57-27-33(53)24-44-2/h7-12,19-20,22-23,31-34,37,44-45,53-54H,6,13-18,21,24-28H2,1-5H3,(H,46,48,50). The molecule has 0 spiro atoms. The third kappa shape index (κ3) is 12.2. The molecule has 0 amide bonds. The van der Waals surface area contributed by atoms with E-state index in [1.807, 2.05) is 67.7 Å². The van der Waals surface area contributed by atoms with Crippen LogP contribution in [-0.2, 0) is 15.9 Å². The lowest BCUT2D eigenvalue weighted by Crippen LogP contribution is -2.44. The summed E-state index contributed by atoms with van der Waals surface area (Å²) in [6.45, 7) is 6.01. The molecule has 2 aliphatic heterocycles. The van der Waals surface area contributed by atoms with Gasteiger partial charge in [-0.1, -0.05) is 31.2 Å². The van der Waals surface area contributed by atoms with Gasteiger partial charge in [-0.25, -0.2) is 15.0 Å². The lowest BCUT2D eigenvalue weighted by Gasteiger charge is -2.37. The minimum Gasteiger partial charge on any atom is -0.491 e. The highest BCUT2D eigenvalue weighted by Gasteiger charge is 2.29. The van der Waals surface area contributed by atoms with E-state index in [-0.39, 0.29) is 31.4 Å². The molecule has 2 aliphatic rings. The van der Waals surface area contributed by atoms with Crippen molar-refractivity contribution >= 4 is 17.6 Å². The Labute approximate surface area is 342 Å². The van der Waals surface area contributed by atoms with Gasteiger partial charge in [-0.15, -0.1) is 0 Å². The number of anilines is 3. The molecular formula is C43H61N9O6. The maximum Gasteiger partial charge on any atom is 0.227 e. The molecule has 2 aromatic carbocycles. The number of nitrogens with one attached hydrogen (secondary N) is 3. The van der Waals surface area contributed by atoms with Crippen molar-refractivity contribution in [3.05, 3.63) is 66.5 Å². The quantitative estimate of drug-likeness (QED) is 0.0875. The molecule has 0 saturated carbocycles. The van der Waals surface area contributed by atoms with E-state index in [0.29, 0.717) is 50.1 Å². The number of hydrogen-bond donors (Lipinski definition) is 5. The first-order chi connectivity index (χ1) is 28.2. The molecule has 4 unspecified atom stereocenters. The van der Waals surface area contributed by atoms with Gasteiger partial charge in [0.25, 0.3) is 0 Å². The maximum atomic E-state index is 10.2. The Hall–Kier alpha value is -4.64. The molecule has 15 heteroatoms. The molecule has 2 fully saturated rings. The van der Waals surface area contributed by atoms with E-state index < -0.39 is 12.2 Å². The molecule has 4 atom stereocenters. The zero-order chi connectivity index (χ0) is 40.9. The average molecular weight is 800 g/mol. The minimum absolute atomic E-state index is 0.0647. The van der Waals surface area contributed by atoms with Crippen molar-refractivity contribution in [3.63, 3.8) is 0 Å². The lowest BCUT2D eigenvalue weighted by molar-refractivity contribution is 0.0124. The van der Waals surface area contributed by atoms with Crippen LogP contribution in [0.4, 0.5) is 17.6 Å². The van der Waals surface area contributed by atoms with Crippen molar-refractivity contribution < 1.29 is 29.2 Å². The minimum atomic E-state index is -0.615. The van der Waals surface area contributed by atoms with E-state index in [1.165, 1.54) is 0 Å². The van der Waals surface area contributed by atoms with Gasteiger partial charge in [-0.05, 0) is 64.0 Å². The van der Waals surface area contributed by atoms with Crippen LogP contribution in [0.3, 0.4) is 0 Å². The predicted octanol–water partition coefficient (Wildman–Crippen LogP) is 3.79. The SMILES string of the molecule is CCc1nc(-c2cccc(OCC(O)CNC)c2)cc(N(C)C2CCOC(CN(C)c3nc(NC4CCOCC4)cc(-c4cccc(OCC(O)CNC)c4)n3)C2)n1. The summed E-state index contributed by atoms with van der Waals surface area (Å²) in [5.74, 6) is 4.31. The monoisotopic (exact) mass is 799 g/mol. The molecule has 0 aliphatic carbocycles. The summed E-state index contributed by atoms with van der Waals surface area (Å²) in [4.78, 5) is 24.2. The number of aromatic nitrogens is 4. The zero-order valence-corrected chi connectivity index (χ0v) is 34.6. The van der Waals surface area contributed by atoms with Crippen molar-refractivity contribution in [2.24, 2.45) is 0 Å². The summed E-state index contributed by atoms with van der Waals surface area (Å²) in [6.07, 6.45) is 2.89. The van der Waals surface area contributed by atoms with Crippen LogP contribution < -0.4 is 35.2 Å². The molecular weight excluding hydrogens is 739 g/mol. The smallest absolute Gasteiger partial charge is 0.227 e. The molecule has 58 heavy (non-hydrogen) atoms. The second-order valence-corrected chi connectivity index (χ2v) is 15.1. The number of likely N-dealkylation sites (N-methyl/N-ethyl adjacent to an activating group) is 3. The Morgan fingerprint density at radius 3 is 2.05 bits per heavy atom. The first kappa shape index (κ1) is 43.0. The van der Waals surface area contributed by atoms with Crippen LogP contribution in [0.15, 0.2) is 60.7 Å². The van der Waals surface area contributed by atoms with Gasteiger partial charge < -0.3 is 54.9 Å². The van der Waals surface area contributed by atoms with E-state index in [4.69, 9.17) is 38.9 Å². The van der Waals surface area contributed by atoms with Gasteiger partial charge in [0.1, 0.15) is 54.4 Å². The average Bonchev–Trinajstić information content (AvgIpc) is 3.25. The number of ether oxygens (including phenoxy) is 4. The van der Waals surface area contributed by atoms with Gasteiger partial charge in [0.2, 0.25) is 5.95 Å². The number of aliphatic hydroxyl groups excluding tert-OH is 2. The summed E-state index contributed by atoms with van der Waals surface area (Å²) in [7, 11) is 7.72. The number of hydrogen-bond acceptors (Lipinski definition) is 15. The second kappa shape index (κ2) is 21.4. The van der Waals surface area contributed by atoms with Gasteiger partial charge in [0, 0.05) is 95.3 Å². The molecule has 0 radical (unpaired) electrons. The molecule has 314 valence electrons. The Morgan fingerprint density at radius 1 is 0.793 bits per heavy atom. The fourth-order valence-corrected chi connectivity index (χ4v) is 7.23. The Balaban J connectivity index is 1.17. The second-order valence-electron chi connectivity index (χ2n) is 15.1. The molecule has 0 bridgehead atoms. The molecule has 4 heterocycles. The van der Waals surface area contributed by atoms with Gasteiger partial charge in [-0.2, -0.15) is 4.98 Å². The lowest BCUT2D eigenvalue weighted by atomic mass is 10.0. The first-order valence-corrected chi connectivity index (χ1v) is 20.5. The third-order valence-electron chi connectivity index (χ3n) is 10.5. The highest BCUT2D eigenvalue weighted by Crippen LogP contribution is 2.31. The molecule has 4 aromatic rings. The first-order valence-electron chi connectivity index (χ1n) is 20.5. The van der Waals surface area contributed by atoms with Gasteiger partial charge in [-0.3, -0.25) is 0 Å². The van der Waals surface area contributed by atoms with E-state index in [1.54, 1.807) is 14.1 Å². The highest BCUT2D eigenvalue weighted by molar-refractivity contribution is 5.67. The molecule has 5 N–H and O–H groups in total. The fraction of sp³-hybridized carbons (Fsp3) is 0.535. The van der Waals surface area contributed by atoms with Crippen molar-refractivity contribution in [2.45, 2.75) is 69.4 Å². The largest absolute Gasteiger partial charge is 0.491 e. The third-order valence-corrected chi connectivity index (χ3v) is 10.5. The van der Waals surface area contributed by atoms with Crippen LogP contribution in [0, 0.1) is 0 Å². The van der Waals surface area contributed by atoms with E-state index in [9.17, 15) is 10.2 Å². The fourth-order valence-electron chi connectivity index (χ4n) is 7.23. The van der Waals surface area contributed by atoms with Crippen LogP contribution in [0.1, 0.15) is 38.4 Å². The molecule has 2 saturated heterocycles. The summed E-state index contributed by atoms with van der Waals surface area (Å²) in [6, 6.07) is 20.1. The summed E-state index contributed by atoms with van der Waals surface area (Å²) < 4.78 is 23.8. The summed E-state index contributed by atoms with van der Waals surface area (Å²) >= 11 is 0. The van der Waals surface area contributed by atoms with Crippen LogP contribution in [0.25, 0.3) is 22.5 Å². The number of rotatable bonds is 20. The number of nitrogens with zero attached hydrogens (tertiary/aromatic N) is 6. The van der Waals surface area contributed by atoms with Crippen LogP contribution in [0.2, 0.25) is 0 Å². The van der Waals surface area contributed by atoms with E-state index >= 15 is 0 Å². The maximum absolute atomic E-state index is 10.2. The van der Waals surface area contributed by atoms with Gasteiger partial charge in [0.15, 0.2) is 0 Å². The summed E-state index contributed by atoms with van der Waals surface area (Å²) in [5.41, 5.74) is 3.41. The Kier molecular flexibility index (Phi) is 15.8. The van der Waals surface area contributed by atoms with Crippen LogP contribution in [0.5, 0.6) is 11.5 Å². The highest BCUT2D eigenvalue weighted by atomic mass is 16.5. The van der Waals surface area contributed by atoms with Crippen molar-refractivity contribution in [1.82, 2.24) is 30.6 Å². The van der Waals surface area contributed by atoms with Crippen molar-refractivity contribution in [1.29, 1.82) is 0 Å².